The second-order valence-electron chi connectivity index (χ2n) is 18.2. The molecule has 0 spiro atoms. The van der Waals surface area contributed by atoms with E-state index < -0.39 is 12.1 Å². The van der Waals surface area contributed by atoms with E-state index in [1.165, 1.54) is 186 Å². The highest BCUT2D eigenvalue weighted by Gasteiger charge is 2.18. The van der Waals surface area contributed by atoms with Crippen molar-refractivity contribution in [3.05, 3.63) is 24.3 Å². The molecule has 1 amide bonds. The lowest BCUT2D eigenvalue weighted by molar-refractivity contribution is -0.143. The van der Waals surface area contributed by atoms with E-state index in [2.05, 4.69) is 31.3 Å². The zero-order valence-corrected chi connectivity index (χ0v) is 40.2. The molecule has 0 aliphatic rings. The van der Waals surface area contributed by atoms with E-state index in [1.807, 2.05) is 6.08 Å². The lowest BCUT2D eigenvalue weighted by atomic mass is 10.0. The van der Waals surface area contributed by atoms with E-state index in [-0.39, 0.29) is 18.5 Å². The number of hydrogen-bond donors (Lipinski definition) is 3. The van der Waals surface area contributed by atoms with Crippen molar-refractivity contribution in [3.8, 4) is 0 Å². The summed E-state index contributed by atoms with van der Waals surface area (Å²) in [4.78, 5) is 24.4. The Hall–Kier alpha value is -1.66. The molecule has 0 aromatic rings. The molecule has 0 rings (SSSR count). The zero-order valence-electron chi connectivity index (χ0n) is 40.2. The van der Waals surface area contributed by atoms with Gasteiger partial charge >= 0.3 is 5.97 Å². The van der Waals surface area contributed by atoms with Crippen LogP contribution in [0, 0.1) is 0 Å². The first-order valence-corrected chi connectivity index (χ1v) is 26.6. The highest BCUT2D eigenvalue weighted by Crippen LogP contribution is 2.16. The standard InChI is InChI=1S/C54H103NO5/c1-3-5-7-9-11-13-15-17-22-26-30-34-38-42-46-52(57)51(50-56)55-53(58)47-43-39-35-31-27-23-20-19-21-25-29-33-37-41-45-49-60-54(59)48-44-40-36-32-28-24-18-16-14-12-10-8-6-4-2/h21,25,42,46,51-52,56-57H,3-20,22-24,26-41,43-45,47-50H2,1-2H3,(H,55,58)/b25-21-,46-42+. The number of esters is 1. The largest absolute Gasteiger partial charge is 0.466 e. The van der Waals surface area contributed by atoms with Crippen molar-refractivity contribution >= 4 is 11.9 Å². The van der Waals surface area contributed by atoms with Gasteiger partial charge in [-0.3, -0.25) is 9.59 Å². The monoisotopic (exact) mass is 846 g/mol. The van der Waals surface area contributed by atoms with Crippen LogP contribution in [0.15, 0.2) is 24.3 Å². The fourth-order valence-electron chi connectivity index (χ4n) is 8.10. The van der Waals surface area contributed by atoms with E-state index in [0.717, 1.165) is 70.6 Å². The summed E-state index contributed by atoms with van der Waals surface area (Å²) in [5, 5.41) is 23.0. The van der Waals surface area contributed by atoms with Crippen LogP contribution in [0.25, 0.3) is 0 Å². The molecule has 2 unspecified atom stereocenters. The van der Waals surface area contributed by atoms with Crippen LogP contribution in [0.5, 0.6) is 0 Å². The van der Waals surface area contributed by atoms with Crippen LogP contribution in [-0.4, -0.2) is 47.4 Å². The topological polar surface area (TPSA) is 95.9 Å². The van der Waals surface area contributed by atoms with Crippen LogP contribution in [0.3, 0.4) is 0 Å². The molecule has 3 N–H and O–H groups in total. The van der Waals surface area contributed by atoms with Gasteiger partial charge in [0.25, 0.3) is 0 Å². The molecule has 0 aromatic carbocycles. The fraction of sp³-hybridized carbons (Fsp3) is 0.889. The Bertz CT molecular complexity index is 935. The molecule has 354 valence electrons. The smallest absolute Gasteiger partial charge is 0.305 e. The normalized spacial score (nSPS) is 12.8. The maximum Gasteiger partial charge on any atom is 0.305 e. The Labute approximate surface area is 373 Å². The molecular formula is C54H103NO5. The van der Waals surface area contributed by atoms with Gasteiger partial charge < -0.3 is 20.3 Å². The number of amides is 1. The number of allylic oxidation sites excluding steroid dienone is 3. The van der Waals surface area contributed by atoms with Crippen LogP contribution in [0.1, 0.15) is 284 Å². The molecule has 60 heavy (non-hydrogen) atoms. The minimum atomic E-state index is -0.853. The predicted octanol–water partition coefficient (Wildman–Crippen LogP) is 15.9. The summed E-state index contributed by atoms with van der Waals surface area (Å²) >= 11 is 0. The molecule has 0 radical (unpaired) electrons. The van der Waals surface area contributed by atoms with Gasteiger partial charge in [-0.05, 0) is 57.8 Å². The Balaban J connectivity index is 3.50. The predicted molar refractivity (Wildman–Crippen MR) is 260 cm³/mol. The number of rotatable bonds is 49. The summed E-state index contributed by atoms with van der Waals surface area (Å²) < 4.78 is 5.46. The molecule has 0 fully saturated rings. The summed E-state index contributed by atoms with van der Waals surface area (Å²) in [5.74, 6) is -0.0921. The molecule has 0 aromatic heterocycles. The number of hydrogen-bond acceptors (Lipinski definition) is 5. The molecular weight excluding hydrogens is 743 g/mol. The number of nitrogens with one attached hydrogen (secondary N) is 1. The first-order chi connectivity index (χ1) is 29.5. The van der Waals surface area contributed by atoms with Gasteiger partial charge in [-0.1, -0.05) is 237 Å². The molecule has 0 saturated carbocycles. The molecule has 2 atom stereocenters. The number of aliphatic hydroxyl groups is 2. The lowest BCUT2D eigenvalue weighted by Gasteiger charge is -2.20. The maximum absolute atomic E-state index is 12.4. The van der Waals surface area contributed by atoms with Crippen molar-refractivity contribution in [1.29, 1.82) is 0 Å². The van der Waals surface area contributed by atoms with Gasteiger partial charge in [0.05, 0.1) is 25.4 Å². The van der Waals surface area contributed by atoms with Crippen molar-refractivity contribution in [2.75, 3.05) is 13.2 Å². The van der Waals surface area contributed by atoms with Gasteiger partial charge in [0, 0.05) is 12.8 Å². The summed E-state index contributed by atoms with van der Waals surface area (Å²) in [6, 6.07) is -0.638. The molecule has 0 aliphatic carbocycles. The number of ether oxygens (including phenoxy) is 1. The van der Waals surface area contributed by atoms with Gasteiger partial charge in [0.15, 0.2) is 0 Å². The second kappa shape index (κ2) is 50.0. The second-order valence-corrected chi connectivity index (χ2v) is 18.2. The Morgan fingerprint density at radius 1 is 0.450 bits per heavy atom. The van der Waals surface area contributed by atoms with Crippen molar-refractivity contribution in [3.63, 3.8) is 0 Å². The number of carbonyl (C=O) groups is 2. The van der Waals surface area contributed by atoms with Gasteiger partial charge in [-0.2, -0.15) is 0 Å². The molecule has 6 heteroatoms. The average molecular weight is 846 g/mol. The maximum atomic E-state index is 12.4. The van der Waals surface area contributed by atoms with Crippen molar-refractivity contribution in [2.45, 2.75) is 296 Å². The van der Waals surface area contributed by atoms with Gasteiger partial charge in [-0.25, -0.2) is 0 Å². The Morgan fingerprint density at radius 3 is 1.18 bits per heavy atom. The van der Waals surface area contributed by atoms with Crippen LogP contribution < -0.4 is 5.32 Å². The van der Waals surface area contributed by atoms with Gasteiger partial charge in [0.1, 0.15) is 0 Å². The highest BCUT2D eigenvalue weighted by atomic mass is 16.5. The average Bonchev–Trinajstić information content (AvgIpc) is 3.25. The summed E-state index contributed by atoms with van der Waals surface area (Å²) in [6.07, 6.45) is 58.9. The summed E-state index contributed by atoms with van der Waals surface area (Å²) in [7, 11) is 0. The third kappa shape index (κ3) is 45.9. The molecule has 0 aliphatic heterocycles. The fourth-order valence-corrected chi connectivity index (χ4v) is 8.10. The van der Waals surface area contributed by atoms with Crippen LogP contribution in [-0.2, 0) is 14.3 Å². The number of carbonyl (C=O) groups excluding carboxylic acids is 2. The van der Waals surface area contributed by atoms with E-state index >= 15 is 0 Å². The SMILES string of the molecule is CCCCCCCCCCCCCC/C=C/C(O)C(CO)NC(=O)CCCCCCCCC/C=C\CCCCCCOC(=O)CCCCCCCCCCCCCCCC. The number of aliphatic hydroxyl groups excluding tert-OH is 2. The molecule has 0 heterocycles. The summed E-state index contributed by atoms with van der Waals surface area (Å²) in [5.41, 5.74) is 0. The minimum absolute atomic E-state index is 0.00918. The summed E-state index contributed by atoms with van der Waals surface area (Å²) in [6.45, 7) is 4.87. The van der Waals surface area contributed by atoms with Gasteiger partial charge in [0.2, 0.25) is 5.91 Å². The minimum Gasteiger partial charge on any atom is -0.466 e. The van der Waals surface area contributed by atoms with E-state index in [4.69, 9.17) is 4.74 Å². The third-order valence-corrected chi connectivity index (χ3v) is 12.2. The number of unbranched alkanes of at least 4 members (excludes halogenated alkanes) is 36. The van der Waals surface area contributed by atoms with Crippen LogP contribution in [0.2, 0.25) is 0 Å². The van der Waals surface area contributed by atoms with E-state index in [9.17, 15) is 19.8 Å². The van der Waals surface area contributed by atoms with Crippen molar-refractivity contribution < 1.29 is 24.5 Å². The molecule has 0 saturated heterocycles. The van der Waals surface area contributed by atoms with E-state index in [0.29, 0.717) is 19.4 Å². The van der Waals surface area contributed by atoms with Crippen molar-refractivity contribution in [2.24, 2.45) is 0 Å². The van der Waals surface area contributed by atoms with Crippen LogP contribution >= 0.6 is 0 Å². The molecule has 0 bridgehead atoms. The van der Waals surface area contributed by atoms with Crippen molar-refractivity contribution in [1.82, 2.24) is 5.32 Å². The van der Waals surface area contributed by atoms with Crippen LogP contribution in [0.4, 0.5) is 0 Å². The zero-order chi connectivity index (χ0) is 43.7. The Morgan fingerprint density at radius 2 is 0.783 bits per heavy atom. The van der Waals surface area contributed by atoms with E-state index in [1.54, 1.807) is 6.08 Å². The first-order valence-electron chi connectivity index (χ1n) is 26.6. The van der Waals surface area contributed by atoms with Gasteiger partial charge in [-0.15, -0.1) is 0 Å². The molecule has 6 nitrogen and oxygen atoms in total. The Kier molecular flexibility index (Phi) is 48.6. The third-order valence-electron chi connectivity index (χ3n) is 12.2. The first kappa shape index (κ1) is 58.3. The quantitative estimate of drug-likeness (QED) is 0.0322. The lowest BCUT2D eigenvalue weighted by Crippen LogP contribution is -2.45. The highest BCUT2D eigenvalue weighted by molar-refractivity contribution is 5.76.